The van der Waals surface area contributed by atoms with Crippen LogP contribution in [0.25, 0.3) is 0 Å². The highest BCUT2D eigenvalue weighted by Crippen LogP contribution is 2.16. The number of aliphatic hydroxyl groups excluding tert-OH is 1. The van der Waals surface area contributed by atoms with Crippen molar-refractivity contribution in [2.75, 3.05) is 11.9 Å². The molecule has 2 amide bonds. The van der Waals surface area contributed by atoms with Crippen LogP contribution in [-0.2, 0) is 0 Å². The number of amides is 2. The average Bonchev–Trinajstić information content (AvgIpc) is 2.81. The fourth-order valence-electron chi connectivity index (χ4n) is 2.14. The van der Waals surface area contributed by atoms with Gasteiger partial charge in [0.05, 0.1) is 6.54 Å². The van der Waals surface area contributed by atoms with Gasteiger partial charge in [-0.3, -0.25) is 0 Å². The number of urea groups is 1. The van der Waals surface area contributed by atoms with Crippen molar-refractivity contribution in [3.05, 3.63) is 53.0 Å². The van der Waals surface area contributed by atoms with E-state index in [4.69, 9.17) is 4.42 Å². The first-order valence-electron chi connectivity index (χ1n) is 6.81. The first-order chi connectivity index (χ1) is 9.94. The van der Waals surface area contributed by atoms with Crippen LogP contribution in [0.5, 0.6) is 0 Å². The lowest BCUT2D eigenvalue weighted by Crippen LogP contribution is -2.32. The summed E-state index contributed by atoms with van der Waals surface area (Å²) >= 11 is 0. The predicted octanol–water partition coefficient (Wildman–Crippen LogP) is 3.06. The van der Waals surface area contributed by atoms with Gasteiger partial charge in [-0.2, -0.15) is 0 Å². The molecule has 2 aromatic rings. The van der Waals surface area contributed by atoms with Gasteiger partial charge in [0.25, 0.3) is 0 Å². The normalized spacial score (nSPS) is 12.0. The van der Waals surface area contributed by atoms with Gasteiger partial charge in [-0.15, -0.1) is 0 Å². The van der Waals surface area contributed by atoms with Gasteiger partial charge < -0.3 is 20.2 Å². The van der Waals surface area contributed by atoms with Crippen molar-refractivity contribution < 1.29 is 14.3 Å². The van der Waals surface area contributed by atoms with E-state index in [1.54, 1.807) is 19.1 Å². The maximum atomic E-state index is 11.8. The third-order valence-corrected chi connectivity index (χ3v) is 3.03. The van der Waals surface area contributed by atoms with Crippen molar-refractivity contribution in [3.8, 4) is 0 Å². The van der Waals surface area contributed by atoms with Crippen LogP contribution < -0.4 is 10.6 Å². The van der Waals surface area contributed by atoms with Gasteiger partial charge >= 0.3 is 6.03 Å². The Morgan fingerprint density at radius 2 is 1.86 bits per heavy atom. The summed E-state index contributed by atoms with van der Waals surface area (Å²) in [5.41, 5.74) is 2.89. The smallest absolute Gasteiger partial charge is 0.319 e. The predicted molar refractivity (Wildman–Crippen MR) is 81.3 cm³/mol. The van der Waals surface area contributed by atoms with E-state index >= 15 is 0 Å². The summed E-state index contributed by atoms with van der Waals surface area (Å²) in [6, 6.07) is 8.92. The van der Waals surface area contributed by atoms with Gasteiger partial charge in [-0.25, -0.2) is 4.79 Å². The fraction of sp³-hybridized carbons (Fsp3) is 0.312. The zero-order valence-corrected chi connectivity index (χ0v) is 12.4. The molecule has 0 bridgehead atoms. The molecule has 0 aliphatic carbocycles. The van der Waals surface area contributed by atoms with Crippen molar-refractivity contribution in [1.82, 2.24) is 5.32 Å². The molecular weight excluding hydrogens is 268 g/mol. The molecule has 0 aliphatic rings. The Kier molecular flexibility index (Phi) is 4.65. The molecule has 5 nitrogen and oxygen atoms in total. The summed E-state index contributed by atoms with van der Waals surface area (Å²) < 4.78 is 5.31. The minimum atomic E-state index is -0.858. The maximum Gasteiger partial charge on any atom is 0.319 e. The number of aliphatic hydroxyl groups is 1. The third kappa shape index (κ3) is 4.36. The lowest BCUT2D eigenvalue weighted by atomic mass is 10.1. The van der Waals surface area contributed by atoms with Crippen LogP contribution in [0, 0.1) is 20.8 Å². The Morgan fingerprint density at radius 1 is 1.19 bits per heavy atom. The topological polar surface area (TPSA) is 74.5 Å². The molecule has 5 heteroatoms. The molecule has 1 heterocycles. The second-order valence-corrected chi connectivity index (χ2v) is 5.18. The maximum absolute atomic E-state index is 11.8. The minimum absolute atomic E-state index is 0.0869. The molecule has 0 fully saturated rings. The van der Waals surface area contributed by atoms with Crippen molar-refractivity contribution in [3.63, 3.8) is 0 Å². The number of benzene rings is 1. The molecule has 3 N–H and O–H groups in total. The highest BCUT2D eigenvalue weighted by molar-refractivity contribution is 5.89. The molecule has 1 atom stereocenters. The number of carbonyl (C=O) groups excluding carboxylic acids is 1. The first kappa shape index (κ1) is 15.1. The summed E-state index contributed by atoms with van der Waals surface area (Å²) in [5.74, 6) is 1.17. The van der Waals surface area contributed by atoms with Crippen LogP contribution in [0.1, 0.15) is 28.8 Å². The van der Waals surface area contributed by atoms with Crippen molar-refractivity contribution in [1.29, 1.82) is 0 Å². The standard InChI is InChI=1S/C16H20N2O3/c1-10-6-11(2)8-13(7-10)18-16(20)17-9-14(19)15-5-4-12(3)21-15/h4-8,14,19H,9H2,1-3H3,(H2,17,18,20). The average molecular weight is 288 g/mol. The van der Waals surface area contributed by atoms with Gasteiger partial charge in [0.2, 0.25) is 0 Å². The molecule has 0 aliphatic heterocycles. The second kappa shape index (κ2) is 6.45. The lowest BCUT2D eigenvalue weighted by Gasteiger charge is -2.11. The molecular formula is C16H20N2O3. The van der Waals surface area contributed by atoms with E-state index < -0.39 is 6.10 Å². The summed E-state index contributed by atoms with van der Waals surface area (Å²) in [6.45, 7) is 5.83. The van der Waals surface area contributed by atoms with Crippen molar-refractivity contribution in [2.45, 2.75) is 26.9 Å². The van der Waals surface area contributed by atoms with Crippen LogP contribution in [0.3, 0.4) is 0 Å². The van der Waals surface area contributed by atoms with Gasteiger partial charge in [0, 0.05) is 5.69 Å². The van der Waals surface area contributed by atoms with Gasteiger partial charge in [0.15, 0.2) is 0 Å². The van der Waals surface area contributed by atoms with Crippen LogP contribution in [-0.4, -0.2) is 17.7 Å². The van der Waals surface area contributed by atoms with E-state index in [-0.39, 0.29) is 12.6 Å². The summed E-state index contributed by atoms with van der Waals surface area (Å²) in [6.07, 6.45) is -0.858. The zero-order chi connectivity index (χ0) is 15.4. The molecule has 1 aromatic carbocycles. The van der Waals surface area contributed by atoms with E-state index in [1.807, 2.05) is 32.0 Å². The van der Waals surface area contributed by atoms with E-state index in [9.17, 15) is 9.90 Å². The quantitative estimate of drug-likeness (QED) is 0.809. The van der Waals surface area contributed by atoms with Gasteiger partial charge in [0.1, 0.15) is 17.6 Å². The summed E-state index contributed by atoms with van der Waals surface area (Å²) in [4.78, 5) is 11.8. The third-order valence-electron chi connectivity index (χ3n) is 3.03. The lowest BCUT2D eigenvalue weighted by molar-refractivity contribution is 0.148. The van der Waals surface area contributed by atoms with Gasteiger partial charge in [-0.1, -0.05) is 6.07 Å². The molecule has 0 saturated heterocycles. The largest absolute Gasteiger partial charge is 0.464 e. The molecule has 2 rings (SSSR count). The number of carbonyl (C=O) groups is 1. The van der Waals surface area contributed by atoms with Gasteiger partial charge in [-0.05, 0) is 56.2 Å². The Balaban J connectivity index is 1.87. The second-order valence-electron chi connectivity index (χ2n) is 5.18. The number of hydrogen-bond donors (Lipinski definition) is 3. The van der Waals surface area contributed by atoms with Crippen LogP contribution in [0.15, 0.2) is 34.7 Å². The fourth-order valence-corrected chi connectivity index (χ4v) is 2.14. The Morgan fingerprint density at radius 3 is 2.43 bits per heavy atom. The van der Waals surface area contributed by atoms with E-state index in [1.165, 1.54) is 0 Å². The SMILES string of the molecule is Cc1cc(C)cc(NC(=O)NCC(O)c2ccc(C)o2)c1. The zero-order valence-electron chi connectivity index (χ0n) is 12.4. The molecule has 0 saturated carbocycles. The monoisotopic (exact) mass is 288 g/mol. The minimum Gasteiger partial charge on any atom is -0.464 e. The highest BCUT2D eigenvalue weighted by Gasteiger charge is 2.13. The van der Waals surface area contributed by atoms with Crippen molar-refractivity contribution >= 4 is 11.7 Å². The van der Waals surface area contributed by atoms with E-state index in [0.717, 1.165) is 22.6 Å². The summed E-state index contributed by atoms with van der Waals surface area (Å²) in [7, 11) is 0. The number of hydrogen-bond acceptors (Lipinski definition) is 3. The van der Waals surface area contributed by atoms with E-state index in [0.29, 0.717) is 5.76 Å². The molecule has 112 valence electrons. The number of anilines is 1. The van der Waals surface area contributed by atoms with Crippen LogP contribution >= 0.6 is 0 Å². The molecule has 1 aromatic heterocycles. The summed E-state index contributed by atoms with van der Waals surface area (Å²) in [5, 5.41) is 15.3. The van der Waals surface area contributed by atoms with Crippen LogP contribution in [0.4, 0.5) is 10.5 Å². The molecule has 0 radical (unpaired) electrons. The number of rotatable bonds is 4. The number of nitrogens with one attached hydrogen (secondary N) is 2. The molecule has 1 unspecified atom stereocenters. The number of aryl methyl sites for hydroxylation is 3. The number of furan rings is 1. The van der Waals surface area contributed by atoms with E-state index in [2.05, 4.69) is 10.6 Å². The van der Waals surface area contributed by atoms with Crippen molar-refractivity contribution in [2.24, 2.45) is 0 Å². The Bertz CT molecular complexity index is 614. The molecule has 21 heavy (non-hydrogen) atoms. The Hall–Kier alpha value is -2.27. The first-order valence-corrected chi connectivity index (χ1v) is 6.81. The van der Waals surface area contributed by atoms with Crippen LogP contribution in [0.2, 0.25) is 0 Å². The Labute approximate surface area is 124 Å². The molecule has 0 spiro atoms. The highest BCUT2D eigenvalue weighted by atomic mass is 16.4.